The smallest absolute Gasteiger partial charge is 0.416 e. The average Bonchev–Trinajstić information content (AvgIpc) is 3.17. The number of alkyl halides is 3. The van der Waals surface area contributed by atoms with Gasteiger partial charge in [0, 0.05) is 17.0 Å². The lowest BCUT2D eigenvalue weighted by molar-refractivity contribution is -0.385. The number of nitro benzene ring substituents is 1. The number of halogens is 3. The fraction of sp³-hybridized carbons (Fsp3) is 0.0952. The maximum absolute atomic E-state index is 12.7. The van der Waals surface area contributed by atoms with E-state index in [2.05, 4.69) is 10.5 Å². The maximum atomic E-state index is 12.7. The van der Waals surface area contributed by atoms with E-state index in [1.165, 1.54) is 24.4 Å². The third-order valence-electron chi connectivity index (χ3n) is 4.64. The van der Waals surface area contributed by atoms with Crippen molar-refractivity contribution < 1.29 is 37.9 Å². The molecule has 2 aromatic carbocycles. The van der Waals surface area contributed by atoms with Crippen LogP contribution < -0.4 is 5.43 Å². The summed E-state index contributed by atoms with van der Waals surface area (Å²) in [5, 5.41) is 35.9. The van der Waals surface area contributed by atoms with Crippen molar-refractivity contribution in [2.45, 2.75) is 13.1 Å². The van der Waals surface area contributed by atoms with Crippen LogP contribution in [-0.4, -0.2) is 32.7 Å². The van der Waals surface area contributed by atoms with Crippen LogP contribution in [0, 0.1) is 10.1 Å². The second kappa shape index (κ2) is 9.31. The van der Waals surface area contributed by atoms with Crippen LogP contribution in [0.3, 0.4) is 0 Å². The van der Waals surface area contributed by atoms with Gasteiger partial charge in [-0.05, 0) is 36.8 Å². The molecule has 9 nitrogen and oxygen atoms in total. The minimum Gasteiger partial charge on any atom is -0.506 e. The van der Waals surface area contributed by atoms with Gasteiger partial charge in [0.15, 0.2) is 0 Å². The zero-order valence-electron chi connectivity index (χ0n) is 17.1. The topological polar surface area (TPSA) is 142 Å². The highest BCUT2D eigenvalue weighted by Crippen LogP contribution is 2.40. The van der Waals surface area contributed by atoms with Crippen molar-refractivity contribution in [3.8, 4) is 16.2 Å². The summed E-state index contributed by atoms with van der Waals surface area (Å²) in [6.45, 7) is 1.45. The van der Waals surface area contributed by atoms with Crippen molar-refractivity contribution in [3.63, 3.8) is 0 Å². The molecule has 0 aliphatic heterocycles. The largest absolute Gasteiger partial charge is 0.506 e. The van der Waals surface area contributed by atoms with Gasteiger partial charge in [-0.1, -0.05) is 12.1 Å². The molecule has 1 aromatic heterocycles. The number of hydrazone groups is 1. The van der Waals surface area contributed by atoms with Gasteiger partial charge in [-0.3, -0.25) is 14.9 Å². The quantitative estimate of drug-likeness (QED) is 0.253. The Morgan fingerprint density at radius 3 is 2.32 bits per heavy atom. The highest BCUT2D eigenvalue weighted by molar-refractivity contribution is 7.14. The molecule has 0 aliphatic rings. The van der Waals surface area contributed by atoms with Crippen LogP contribution in [0.1, 0.15) is 38.8 Å². The van der Waals surface area contributed by atoms with Crippen LogP contribution in [-0.2, 0) is 6.18 Å². The van der Waals surface area contributed by atoms with E-state index in [0.717, 1.165) is 41.7 Å². The number of carboxylic acid groups (broad SMARTS) is 1. The van der Waals surface area contributed by atoms with Crippen LogP contribution in [0.2, 0.25) is 0 Å². The van der Waals surface area contributed by atoms with Crippen LogP contribution in [0.25, 0.3) is 10.4 Å². The molecule has 0 unspecified atom stereocenters. The summed E-state index contributed by atoms with van der Waals surface area (Å²) in [5.41, 5.74) is 0.483. The summed E-state index contributed by atoms with van der Waals surface area (Å²) in [6, 6.07) is 7.04. The van der Waals surface area contributed by atoms with Crippen molar-refractivity contribution in [3.05, 3.63) is 80.2 Å². The standard InChI is InChI=1S/C21H14F3N3O6S/c1-10(25-26-19(29)12-4-7-14(20(30)31)16(8-12)27(32)33)15-9-34-18(17(15)28)11-2-5-13(6-3-11)21(22,23)24/h2-9,28H,1H3,(H,26,29)(H,30,31)/b25-10+. The number of thiophene rings is 1. The number of rotatable bonds is 6. The zero-order chi connectivity index (χ0) is 25.2. The fourth-order valence-corrected chi connectivity index (χ4v) is 3.90. The van der Waals surface area contributed by atoms with Gasteiger partial charge in [0.1, 0.15) is 11.3 Å². The number of hydrogen-bond donors (Lipinski definition) is 3. The first-order valence-electron chi connectivity index (χ1n) is 9.25. The van der Waals surface area contributed by atoms with Crippen molar-refractivity contribution in [1.29, 1.82) is 0 Å². The minimum atomic E-state index is -4.49. The summed E-state index contributed by atoms with van der Waals surface area (Å²) in [5.74, 6) is -2.64. The molecule has 0 aliphatic carbocycles. The first kappa shape index (κ1) is 24.4. The number of nitrogens with zero attached hydrogens (tertiary/aromatic N) is 2. The Bertz CT molecular complexity index is 1320. The van der Waals surface area contributed by atoms with Crippen LogP contribution in [0.4, 0.5) is 18.9 Å². The Morgan fingerprint density at radius 1 is 1.12 bits per heavy atom. The third-order valence-corrected chi connectivity index (χ3v) is 5.66. The molecule has 0 saturated carbocycles. The number of aromatic hydroxyl groups is 1. The van der Waals surface area contributed by atoms with Crippen LogP contribution in [0.15, 0.2) is 52.9 Å². The summed E-state index contributed by atoms with van der Waals surface area (Å²) in [7, 11) is 0. The fourth-order valence-electron chi connectivity index (χ4n) is 2.89. The summed E-state index contributed by atoms with van der Waals surface area (Å²) < 4.78 is 38.2. The van der Waals surface area contributed by atoms with Gasteiger partial charge in [-0.2, -0.15) is 18.3 Å². The Kier molecular flexibility index (Phi) is 6.68. The molecule has 0 fully saturated rings. The van der Waals surface area contributed by atoms with Gasteiger partial charge >= 0.3 is 12.1 Å². The first-order chi connectivity index (χ1) is 15.9. The number of carbonyl (C=O) groups excluding carboxylic acids is 1. The number of nitrogens with one attached hydrogen (secondary N) is 1. The number of hydrogen-bond acceptors (Lipinski definition) is 7. The lowest BCUT2D eigenvalue weighted by Gasteiger charge is -2.07. The number of carboxylic acids is 1. The van der Waals surface area contributed by atoms with Gasteiger partial charge in [0.25, 0.3) is 11.6 Å². The Labute approximate surface area is 192 Å². The van der Waals surface area contributed by atoms with E-state index in [0.29, 0.717) is 10.4 Å². The highest BCUT2D eigenvalue weighted by Gasteiger charge is 2.30. The van der Waals surface area contributed by atoms with Gasteiger partial charge in [-0.15, -0.1) is 11.3 Å². The first-order valence-corrected chi connectivity index (χ1v) is 10.1. The van der Waals surface area contributed by atoms with Gasteiger partial charge < -0.3 is 10.2 Å². The molecule has 3 aromatic rings. The van der Waals surface area contributed by atoms with Gasteiger partial charge in [-0.25, -0.2) is 10.2 Å². The van der Waals surface area contributed by atoms with Crippen molar-refractivity contribution in [1.82, 2.24) is 5.43 Å². The van der Waals surface area contributed by atoms with E-state index in [9.17, 15) is 38.0 Å². The monoisotopic (exact) mass is 493 g/mol. The molecule has 0 bridgehead atoms. The van der Waals surface area contributed by atoms with Crippen LogP contribution >= 0.6 is 11.3 Å². The number of amides is 1. The van der Waals surface area contributed by atoms with Gasteiger partial charge in [0.2, 0.25) is 0 Å². The van der Waals surface area contributed by atoms with Crippen molar-refractivity contribution in [2.24, 2.45) is 5.10 Å². The predicted octanol–water partition coefficient (Wildman–Crippen LogP) is 4.90. The van der Waals surface area contributed by atoms with Gasteiger partial charge in [0.05, 0.1) is 26.6 Å². The van der Waals surface area contributed by atoms with E-state index >= 15 is 0 Å². The number of aromatic carboxylic acids is 1. The number of nitro groups is 1. The molecule has 34 heavy (non-hydrogen) atoms. The predicted molar refractivity (Wildman–Crippen MR) is 116 cm³/mol. The maximum Gasteiger partial charge on any atom is 0.416 e. The molecule has 13 heteroatoms. The van der Waals surface area contributed by atoms with E-state index in [-0.39, 0.29) is 22.6 Å². The summed E-state index contributed by atoms with van der Waals surface area (Å²) in [4.78, 5) is 33.8. The molecular formula is C21H14F3N3O6S. The van der Waals surface area contributed by atoms with Crippen molar-refractivity contribution in [2.75, 3.05) is 0 Å². The second-order valence-electron chi connectivity index (χ2n) is 6.83. The second-order valence-corrected chi connectivity index (χ2v) is 7.71. The Morgan fingerprint density at radius 2 is 1.76 bits per heavy atom. The molecule has 3 rings (SSSR count). The van der Waals surface area contributed by atoms with E-state index in [1.54, 1.807) is 0 Å². The molecule has 1 amide bonds. The number of benzene rings is 2. The Hall–Kier alpha value is -4.26. The molecular weight excluding hydrogens is 479 g/mol. The summed E-state index contributed by atoms with van der Waals surface area (Å²) in [6.07, 6.45) is -4.49. The van der Waals surface area contributed by atoms with E-state index in [1.807, 2.05) is 0 Å². The zero-order valence-corrected chi connectivity index (χ0v) is 17.9. The summed E-state index contributed by atoms with van der Waals surface area (Å²) >= 11 is 1.06. The lowest BCUT2D eigenvalue weighted by atomic mass is 10.1. The molecule has 0 spiro atoms. The minimum absolute atomic E-state index is 0.150. The normalized spacial score (nSPS) is 11.8. The third kappa shape index (κ3) is 5.04. The van der Waals surface area contributed by atoms with Crippen molar-refractivity contribution >= 4 is 34.6 Å². The molecule has 0 atom stereocenters. The SMILES string of the molecule is C/C(=N\NC(=O)c1ccc(C(=O)O)c([N+](=O)[O-])c1)c1csc(-c2ccc(C(F)(F)F)cc2)c1O. The molecule has 176 valence electrons. The molecule has 0 radical (unpaired) electrons. The Balaban J connectivity index is 1.81. The molecule has 0 saturated heterocycles. The molecule has 1 heterocycles. The highest BCUT2D eigenvalue weighted by atomic mass is 32.1. The lowest BCUT2D eigenvalue weighted by Crippen LogP contribution is -2.19. The van der Waals surface area contributed by atoms with E-state index in [4.69, 9.17) is 5.11 Å². The average molecular weight is 493 g/mol. The number of carbonyl (C=O) groups is 2. The van der Waals surface area contributed by atoms with Crippen LogP contribution in [0.5, 0.6) is 5.75 Å². The molecule has 3 N–H and O–H groups in total. The van der Waals surface area contributed by atoms with E-state index < -0.39 is 39.8 Å².